The van der Waals surface area contributed by atoms with E-state index < -0.39 is 0 Å². The minimum atomic E-state index is 0.0561. The first-order valence-electron chi connectivity index (χ1n) is 10.1. The van der Waals surface area contributed by atoms with Crippen molar-refractivity contribution in [2.24, 2.45) is 0 Å². The van der Waals surface area contributed by atoms with Crippen LogP contribution in [0.4, 0.5) is 11.5 Å². The Morgan fingerprint density at radius 1 is 1.23 bits per heavy atom. The van der Waals surface area contributed by atoms with Gasteiger partial charge in [-0.3, -0.25) is 4.79 Å². The van der Waals surface area contributed by atoms with Crippen LogP contribution in [0.15, 0.2) is 42.6 Å². The van der Waals surface area contributed by atoms with E-state index >= 15 is 0 Å². The highest BCUT2D eigenvalue weighted by Crippen LogP contribution is 2.39. The Kier molecular flexibility index (Phi) is 5.01. The second-order valence-electron chi connectivity index (χ2n) is 7.92. The maximum atomic E-state index is 13.1. The zero-order valence-corrected chi connectivity index (χ0v) is 18.6. The molecule has 0 spiro atoms. The van der Waals surface area contributed by atoms with E-state index in [0.29, 0.717) is 17.6 Å². The average Bonchev–Trinajstić information content (AvgIpc) is 3.45. The highest BCUT2D eigenvalue weighted by Gasteiger charge is 2.32. The van der Waals surface area contributed by atoms with Gasteiger partial charge in [0.2, 0.25) is 0 Å². The minimum absolute atomic E-state index is 0.0561. The number of aromatic nitrogens is 1. The molecule has 154 valence electrons. The number of aryl methyl sites for hydroxylation is 1. The lowest BCUT2D eigenvalue weighted by atomic mass is 10.1. The molecule has 0 aliphatic carbocycles. The highest BCUT2D eigenvalue weighted by molar-refractivity contribution is 7.17. The molecule has 1 N–H and O–H groups in total. The molecule has 1 atom stereocenters. The van der Waals surface area contributed by atoms with Gasteiger partial charge in [-0.25, -0.2) is 4.98 Å². The predicted molar refractivity (Wildman–Crippen MR) is 124 cm³/mol. The van der Waals surface area contributed by atoms with E-state index in [1.807, 2.05) is 42.4 Å². The Morgan fingerprint density at radius 3 is 2.70 bits per heavy atom. The fraction of sp³-hybridized carbons (Fsp3) is 0.304. The summed E-state index contributed by atoms with van der Waals surface area (Å²) in [6, 6.07) is 12.5. The van der Waals surface area contributed by atoms with Gasteiger partial charge in [0.25, 0.3) is 5.91 Å². The van der Waals surface area contributed by atoms with Gasteiger partial charge in [-0.2, -0.15) is 0 Å². The Morgan fingerprint density at radius 2 is 2.03 bits per heavy atom. The summed E-state index contributed by atoms with van der Waals surface area (Å²) in [6.07, 6.45) is 2.96. The van der Waals surface area contributed by atoms with Crippen molar-refractivity contribution >= 4 is 40.4 Å². The van der Waals surface area contributed by atoms with E-state index in [1.54, 1.807) is 11.3 Å². The summed E-state index contributed by atoms with van der Waals surface area (Å²) in [6.45, 7) is 4.64. The van der Waals surface area contributed by atoms with Crippen molar-refractivity contribution in [3.05, 3.63) is 63.6 Å². The standard InChI is InChI=1S/C23H23ClN4OS/c1-14-9-19(11-26-22(14)27-8-7-18(13-27)25-2)28-12-16-10-20(30-21(16)23(28)29)15-3-5-17(24)6-4-15/h3-6,9-11,18,25H,7-8,12-13H2,1-2H3/t18-/m0/s1. The van der Waals surface area contributed by atoms with Gasteiger partial charge >= 0.3 is 0 Å². The molecule has 30 heavy (non-hydrogen) atoms. The number of amides is 1. The third-order valence-corrected chi connectivity index (χ3v) is 7.42. The van der Waals surface area contributed by atoms with Crippen LogP contribution in [0.5, 0.6) is 0 Å². The Hall–Kier alpha value is -2.41. The molecule has 3 aromatic rings. The van der Waals surface area contributed by atoms with Crippen molar-refractivity contribution in [2.45, 2.75) is 25.9 Å². The monoisotopic (exact) mass is 438 g/mol. The first kappa shape index (κ1) is 19.5. The van der Waals surface area contributed by atoms with Crippen LogP contribution in [-0.4, -0.2) is 37.1 Å². The molecule has 0 bridgehead atoms. The summed E-state index contributed by atoms with van der Waals surface area (Å²) in [5.74, 6) is 1.07. The maximum absolute atomic E-state index is 13.1. The minimum Gasteiger partial charge on any atom is -0.355 e. The summed E-state index contributed by atoms with van der Waals surface area (Å²) in [5.41, 5.74) is 4.13. The van der Waals surface area contributed by atoms with Gasteiger partial charge in [0.05, 0.1) is 23.3 Å². The molecule has 2 aliphatic heterocycles. The van der Waals surface area contributed by atoms with Crippen LogP contribution in [0, 0.1) is 6.92 Å². The number of nitrogens with one attached hydrogen (secondary N) is 1. The lowest BCUT2D eigenvalue weighted by Crippen LogP contribution is -2.30. The topological polar surface area (TPSA) is 48.5 Å². The van der Waals surface area contributed by atoms with E-state index in [2.05, 4.69) is 29.3 Å². The number of hydrogen-bond donors (Lipinski definition) is 1. The molecule has 0 radical (unpaired) electrons. The van der Waals surface area contributed by atoms with Gasteiger partial charge in [-0.05, 0) is 61.3 Å². The van der Waals surface area contributed by atoms with E-state index in [1.165, 1.54) is 0 Å². The van der Waals surface area contributed by atoms with Crippen molar-refractivity contribution in [1.29, 1.82) is 0 Å². The first-order chi connectivity index (χ1) is 14.5. The summed E-state index contributed by atoms with van der Waals surface area (Å²) in [5, 5.41) is 4.06. The third kappa shape index (κ3) is 3.39. The first-order valence-corrected chi connectivity index (χ1v) is 11.3. The zero-order chi connectivity index (χ0) is 20.8. The Balaban J connectivity index is 1.36. The van der Waals surface area contributed by atoms with Crippen LogP contribution in [0.3, 0.4) is 0 Å². The van der Waals surface area contributed by atoms with Crippen LogP contribution < -0.4 is 15.1 Å². The fourth-order valence-corrected chi connectivity index (χ4v) is 5.53. The molecule has 1 saturated heterocycles. The number of fused-ring (bicyclic) bond motifs is 1. The SMILES string of the molecule is CN[C@H]1CCN(c2ncc(N3Cc4cc(-c5ccc(Cl)cc5)sc4C3=O)cc2C)C1. The summed E-state index contributed by atoms with van der Waals surface area (Å²) in [7, 11) is 2.01. The van der Waals surface area contributed by atoms with Gasteiger partial charge in [0.15, 0.2) is 0 Å². The average molecular weight is 439 g/mol. The van der Waals surface area contributed by atoms with E-state index in [0.717, 1.165) is 57.5 Å². The zero-order valence-electron chi connectivity index (χ0n) is 17.0. The molecule has 1 fully saturated rings. The number of anilines is 2. The Bertz CT molecular complexity index is 1110. The van der Waals surface area contributed by atoms with Crippen LogP contribution in [0.1, 0.15) is 27.2 Å². The number of rotatable bonds is 4. The number of nitrogens with zero attached hydrogens (tertiary/aromatic N) is 3. The van der Waals surface area contributed by atoms with E-state index in [-0.39, 0.29) is 5.91 Å². The number of likely N-dealkylation sites (N-methyl/N-ethyl adjacent to an activating group) is 1. The molecule has 5 rings (SSSR count). The molecule has 0 saturated carbocycles. The number of benzene rings is 1. The number of carbonyl (C=O) groups excluding carboxylic acids is 1. The van der Waals surface area contributed by atoms with Gasteiger partial charge in [0, 0.05) is 29.0 Å². The summed E-state index contributed by atoms with van der Waals surface area (Å²) < 4.78 is 0. The summed E-state index contributed by atoms with van der Waals surface area (Å²) >= 11 is 7.54. The quantitative estimate of drug-likeness (QED) is 0.639. The summed E-state index contributed by atoms with van der Waals surface area (Å²) in [4.78, 5) is 23.9. The molecule has 1 aromatic carbocycles. The molecule has 2 aromatic heterocycles. The lowest BCUT2D eigenvalue weighted by molar-refractivity contribution is 0.1000. The largest absolute Gasteiger partial charge is 0.355 e. The normalized spacial score (nSPS) is 18.4. The van der Waals surface area contributed by atoms with Crippen molar-refractivity contribution < 1.29 is 4.79 Å². The second kappa shape index (κ2) is 7.69. The van der Waals surface area contributed by atoms with E-state index in [9.17, 15) is 4.79 Å². The van der Waals surface area contributed by atoms with Crippen LogP contribution in [0.2, 0.25) is 5.02 Å². The molecule has 0 unspecified atom stereocenters. The predicted octanol–water partition coefficient (Wildman–Crippen LogP) is 4.73. The van der Waals surface area contributed by atoms with Crippen molar-refractivity contribution in [3.63, 3.8) is 0 Å². The third-order valence-electron chi connectivity index (χ3n) is 5.95. The molecule has 1 amide bonds. The number of halogens is 1. The number of thiophene rings is 1. The van der Waals surface area contributed by atoms with Crippen LogP contribution in [-0.2, 0) is 6.54 Å². The molecule has 5 nitrogen and oxygen atoms in total. The second-order valence-corrected chi connectivity index (χ2v) is 9.41. The number of hydrogen-bond acceptors (Lipinski definition) is 5. The number of carbonyl (C=O) groups is 1. The van der Waals surface area contributed by atoms with Gasteiger partial charge in [0.1, 0.15) is 5.82 Å². The Labute approximate surface area is 185 Å². The molecular formula is C23H23ClN4OS. The van der Waals surface area contributed by atoms with Crippen LogP contribution in [0.25, 0.3) is 10.4 Å². The van der Waals surface area contributed by atoms with Crippen molar-refractivity contribution in [3.8, 4) is 10.4 Å². The molecule has 4 heterocycles. The smallest absolute Gasteiger partial charge is 0.269 e. The van der Waals surface area contributed by atoms with E-state index in [4.69, 9.17) is 16.6 Å². The highest BCUT2D eigenvalue weighted by atomic mass is 35.5. The molecule has 2 aliphatic rings. The van der Waals surface area contributed by atoms with Gasteiger partial charge in [-0.15, -0.1) is 11.3 Å². The maximum Gasteiger partial charge on any atom is 0.269 e. The molecular weight excluding hydrogens is 416 g/mol. The lowest BCUT2D eigenvalue weighted by Gasteiger charge is -2.22. The van der Waals surface area contributed by atoms with Crippen molar-refractivity contribution in [1.82, 2.24) is 10.3 Å². The van der Waals surface area contributed by atoms with Crippen LogP contribution >= 0.6 is 22.9 Å². The number of pyridine rings is 1. The van der Waals surface area contributed by atoms with Gasteiger partial charge in [-0.1, -0.05) is 23.7 Å². The fourth-order valence-electron chi connectivity index (χ4n) is 4.28. The van der Waals surface area contributed by atoms with Crippen molar-refractivity contribution in [2.75, 3.05) is 29.9 Å². The molecule has 7 heteroatoms. The van der Waals surface area contributed by atoms with Gasteiger partial charge < -0.3 is 15.1 Å².